The fourth-order valence-corrected chi connectivity index (χ4v) is 6.05. The van der Waals surface area contributed by atoms with Crippen LogP contribution in [0.4, 0.5) is 0 Å². The van der Waals surface area contributed by atoms with Gasteiger partial charge in [-0.25, -0.2) is 0 Å². The molecule has 55 heavy (non-hydrogen) atoms. The van der Waals surface area contributed by atoms with Gasteiger partial charge in [-0.15, -0.1) is 0 Å². The Kier molecular flexibility index (Phi) is 35.7. The van der Waals surface area contributed by atoms with Gasteiger partial charge in [-0.05, 0) is 77.0 Å². The molecule has 9 nitrogen and oxygen atoms in total. The van der Waals surface area contributed by atoms with E-state index in [0.717, 1.165) is 83.5 Å². The van der Waals surface area contributed by atoms with Crippen LogP contribution in [0.1, 0.15) is 162 Å². The average molecular weight is 794 g/mol. The highest BCUT2D eigenvalue weighted by Gasteiger charge is 2.21. The SMILES string of the molecule is CCCC/C=C/C/C=C/CCCCCCCC(=O)O[C@H](COC(=O)CCCCCC/C=C/C/C=C/C/C=C/CCCCC)COP(=O)([O-])OCC[N+](C)(C)C. The Balaban J connectivity index is 4.45. The second-order valence-corrected chi connectivity index (χ2v) is 16.8. The summed E-state index contributed by atoms with van der Waals surface area (Å²) in [6.07, 6.45) is 43.8. The number of phosphoric acid groups is 1. The Hall–Kier alpha value is -2.29. The van der Waals surface area contributed by atoms with E-state index in [1.54, 1.807) is 0 Å². The minimum absolute atomic E-state index is 0.0402. The largest absolute Gasteiger partial charge is 0.756 e. The van der Waals surface area contributed by atoms with Gasteiger partial charge in [-0.2, -0.15) is 0 Å². The number of nitrogens with zero attached hydrogens (tertiary/aromatic N) is 1. The van der Waals surface area contributed by atoms with Gasteiger partial charge in [0.25, 0.3) is 7.82 Å². The van der Waals surface area contributed by atoms with Crippen LogP contribution in [0.5, 0.6) is 0 Å². The predicted octanol–water partition coefficient (Wildman–Crippen LogP) is 11.4. The number of unbranched alkanes of at least 4 members (excludes halogenated alkanes) is 14. The minimum atomic E-state index is -4.63. The molecule has 318 valence electrons. The zero-order valence-corrected chi connectivity index (χ0v) is 36.5. The summed E-state index contributed by atoms with van der Waals surface area (Å²) in [5, 5.41) is 0. The molecule has 0 aliphatic rings. The monoisotopic (exact) mass is 794 g/mol. The molecule has 0 aromatic carbocycles. The number of phosphoric ester groups is 1. The molecule has 0 bridgehead atoms. The molecule has 0 aromatic rings. The molecule has 0 N–H and O–H groups in total. The Morgan fingerprint density at radius 3 is 1.51 bits per heavy atom. The summed E-state index contributed by atoms with van der Waals surface area (Å²) < 4.78 is 33.8. The number of carbonyl (C=O) groups is 2. The molecule has 0 saturated heterocycles. The Bertz CT molecular complexity index is 1120. The maximum Gasteiger partial charge on any atom is 0.306 e. The van der Waals surface area contributed by atoms with E-state index in [2.05, 4.69) is 74.6 Å². The van der Waals surface area contributed by atoms with Crippen molar-refractivity contribution < 1.29 is 42.1 Å². The number of ether oxygens (including phenoxy) is 2. The highest BCUT2D eigenvalue weighted by molar-refractivity contribution is 7.45. The predicted molar refractivity (Wildman–Crippen MR) is 226 cm³/mol. The van der Waals surface area contributed by atoms with E-state index < -0.39 is 32.5 Å². The lowest BCUT2D eigenvalue weighted by molar-refractivity contribution is -0.870. The van der Waals surface area contributed by atoms with Crippen molar-refractivity contribution >= 4 is 19.8 Å². The van der Waals surface area contributed by atoms with Crippen LogP contribution in [-0.2, 0) is 32.7 Å². The third kappa shape index (κ3) is 41.2. The topological polar surface area (TPSA) is 111 Å². The average Bonchev–Trinajstić information content (AvgIpc) is 3.13. The molecule has 0 aliphatic heterocycles. The molecule has 0 spiro atoms. The van der Waals surface area contributed by atoms with Crippen LogP contribution < -0.4 is 4.89 Å². The molecule has 0 aliphatic carbocycles. The molecule has 0 aromatic heterocycles. The number of rotatable bonds is 38. The maximum atomic E-state index is 12.6. The van der Waals surface area contributed by atoms with Crippen LogP contribution in [-0.4, -0.2) is 70.0 Å². The van der Waals surface area contributed by atoms with Gasteiger partial charge in [-0.1, -0.05) is 132 Å². The standard InChI is InChI=1S/C45H80NO8P/c1-6-8-10-12-14-16-18-20-22-23-24-26-27-29-31-33-35-37-44(47)51-41-43(42-53-55(49,50)52-40-39-46(3,4)5)54-45(48)38-36-34-32-30-28-25-21-19-17-15-13-11-9-7-2/h13-16,19-22,24,26,43H,6-12,17-18,23,25,27-42H2,1-5H3/b15-13+,16-14+,21-19+,22-20+,26-24+/t43-/m1/s1. The van der Waals surface area contributed by atoms with E-state index in [4.69, 9.17) is 18.5 Å². The van der Waals surface area contributed by atoms with Gasteiger partial charge in [0.05, 0.1) is 27.7 Å². The van der Waals surface area contributed by atoms with Gasteiger partial charge in [0, 0.05) is 12.8 Å². The van der Waals surface area contributed by atoms with E-state index >= 15 is 0 Å². The Morgan fingerprint density at radius 2 is 1.00 bits per heavy atom. The van der Waals surface area contributed by atoms with Crippen molar-refractivity contribution in [3.63, 3.8) is 0 Å². The molecule has 0 rings (SSSR count). The normalized spacial score (nSPS) is 14.2. The van der Waals surface area contributed by atoms with E-state index in [1.807, 2.05) is 21.1 Å². The molecular formula is C45H80NO8P. The van der Waals surface area contributed by atoms with Gasteiger partial charge in [0.2, 0.25) is 0 Å². The van der Waals surface area contributed by atoms with Gasteiger partial charge in [0.1, 0.15) is 19.8 Å². The van der Waals surface area contributed by atoms with Crippen molar-refractivity contribution in [2.75, 3.05) is 47.5 Å². The summed E-state index contributed by atoms with van der Waals surface area (Å²) in [7, 11) is 1.13. The van der Waals surface area contributed by atoms with Gasteiger partial charge in [-0.3, -0.25) is 14.2 Å². The highest BCUT2D eigenvalue weighted by atomic mass is 31.2. The molecule has 0 fully saturated rings. The highest BCUT2D eigenvalue weighted by Crippen LogP contribution is 2.38. The van der Waals surface area contributed by atoms with Crippen molar-refractivity contribution in [2.45, 2.75) is 168 Å². The number of hydrogen-bond donors (Lipinski definition) is 0. The van der Waals surface area contributed by atoms with Crippen LogP contribution in [0.25, 0.3) is 0 Å². The molecule has 1 unspecified atom stereocenters. The van der Waals surface area contributed by atoms with Crippen LogP contribution >= 0.6 is 7.82 Å². The fraction of sp³-hybridized carbons (Fsp3) is 0.733. The quantitative estimate of drug-likeness (QED) is 0.0200. The van der Waals surface area contributed by atoms with Gasteiger partial charge < -0.3 is 27.9 Å². The molecule has 0 radical (unpaired) electrons. The Labute approximate surface area is 336 Å². The molecular weight excluding hydrogens is 713 g/mol. The lowest BCUT2D eigenvalue weighted by atomic mass is 10.1. The Morgan fingerprint density at radius 1 is 0.564 bits per heavy atom. The molecule has 0 heterocycles. The smallest absolute Gasteiger partial charge is 0.306 e. The van der Waals surface area contributed by atoms with Crippen LogP contribution in [0.3, 0.4) is 0 Å². The van der Waals surface area contributed by atoms with Crippen molar-refractivity contribution in [3.8, 4) is 0 Å². The van der Waals surface area contributed by atoms with E-state index in [0.29, 0.717) is 23.9 Å². The van der Waals surface area contributed by atoms with Crippen molar-refractivity contribution in [3.05, 3.63) is 60.8 Å². The van der Waals surface area contributed by atoms with E-state index in [-0.39, 0.29) is 26.1 Å². The minimum Gasteiger partial charge on any atom is -0.756 e. The zero-order chi connectivity index (χ0) is 40.7. The number of likely N-dealkylation sites (N-methyl/N-ethyl adjacent to an activating group) is 1. The van der Waals surface area contributed by atoms with Crippen molar-refractivity contribution in [1.82, 2.24) is 0 Å². The molecule has 0 saturated carbocycles. The first kappa shape index (κ1) is 52.7. The summed E-state index contributed by atoms with van der Waals surface area (Å²) in [5.41, 5.74) is 0. The van der Waals surface area contributed by atoms with Crippen molar-refractivity contribution in [2.24, 2.45) is 0 Å². The summed E-state index contributed by atoms with van der Waals surface area (Å²) in [5.74, 6) is -0.882. The molecule has 0 amide bonds. The summed E-state index contributed by atoms with van der Waals surface area (Å²) in [4.78, 5) is 37.5. The third-order valence-electron chi connectivity index (χ3n) is 8.76. The molecule has 10 heteroatoms. The zero-order valence-electron chi connectivity index (χ0n) is 35.6. The van der Waals surface area contributed by atoms with Crippen LogP contribution in [0, 0.1) is 0 Å². The molecule has 2 atom stereocenters. The lowest BCUT2D eigenvalue weighted by Gasteiger charge is -2.28. The first-order valence-electron chi connectivity index (χ1n) is 21.5. The first-order valence-corrected chi connectivity index (χ1v) is 23.0. The van der Waals surface area contributed by atoms with Crippen LogP contribution in [0.2, 0.25) is 0 Å². The lowest BCUT2D eigenvalue weighted by Crippen LogP contribution is -2.37. The second kappa shape index (κ2) is 37.3. The van der Waals surface area contributed by atoms with Crippen LogP contribution in [0.15, 0.2) is 60.8 Å². The van der Waals surface area contributed by atoms with E-state index in [9.17, 15) is 19.0 Å². The van der Waals surface area contributed by atoms with Gasteiger partial charge in [0.15, 0.2) is 6.10 Å². The van der Waals surface area contributed by atoms with E-state index in [1.165, 1.54) is 38.5 Å². The van der Waals surface area contributed by atoms with Crippen molar-refractivity contribution in [1.29, 1.82) is 0 Å². The second-order valence-electron chi connectivity index (χ2n) is 15.3. The fourth-order valence-electron chi connectivity index (χ4n) is 5.32. The number of hydrogen-bond acceptors (Lipinski definition) is 8. The third-order valence-corrected chi connectivity index (χ3v) is 9.72. The summed E-state index contributed by atoms with van der Waals surface area (Å²) in [6, 6.07) is 0. The number of quaternary nitrogens is 1. The number of allylic oxidation sites excluding steroid dienone is 10. The first-order chi connectivity index (χ1) is 26.5. The summed E-state index contributed by atoms with van der Waals surface area (Å²) >= 11 is 0. The number of esters is 2. The summed E-state index contributed by atoms with van der Waals surface area (Å²) in [6.45, 7) is 4.10. The van der Waals surface area contributed by atoms with Gasteiger partial charge >= 0.3 is 11.9 Å². The number of carbonyl (C=O) groups excluding carboxylic acids is 2. The maximum absolute atomic E-state index is 12.6.